The van der Waals surface area contributed by atoms with E-state index in [1.807, 2.05) is 7.11 Å². The molecule has 3 nitrogen and oxygen atoms in total. The lowest BCUT2D eigenvalue weighted by Crippen LogP contribution is -2.66. The number of hydrogen-bond acceptors (Lipinski definition) is 3. The molecule has 196 valence electrons. The first-order valence-corrected chi connectivity index (χ1v) is 14.2. The first kappa shape index (κ1) is 26.7. The fraction of sp³-hybridized carbons (Fsp3) is 0.935. The summed E-state index contributed by atoms with van der Waals surface area (Å²) in [6, 6.07) is 0. The Morgan fingerprint density at radius 2 is 1.62 bits per heavy atom. The van der Waals surface area contributed by atoms with Gasteiger partial charge in [-0.2, -0.15) is 0 Å². The largest absolute Gasteiger partial charge is 0.393 e. The minimum Gasteiger partial charge on any atom is -0.393 e. The van der Waals surface area contributed by atoms with Crippen LogP contribution in [0.1, 0.15) is 113 Å². The second-order valence-electron chi connectivity index (χ2n) is 14.7. The van der Waals surface area contributed by atoms with E-state index < -0.39 is 5.60 Å². The normalized spacial score (nSPS) is 49.4. The van der Waals surface area contributed by atoms with Gasteiger partial charge in [-0.25, -0.2) is 0 Å². The number of fused-ring (bicyclic) bond motifs is 5. The maximum absolute atomic E-state index is 11.8. The molecule has 0 aromatic rings. The Morgan fingerprint density at radius 1 is 0.971 bits per heavy atom. The molecule has 4 aliphatic rings. The fourth-order valence-corrected chi connectivity index (χ4v) is 10.7. The predicted octanol–water partition coefficient (Wildman–Crippen LogP) is 7.15. The van der Waals surface area contributed by atoms with Gasteiger partial charge in [-0.3, -0.25) is 0 Å². The first-order chi connectivity index (χ1) is 15.6. The zero-order valence-corrected chi connectivity index (χ0v) is 23.7. The Hall–Kier alpha value is -0.380. The molecule has 4 fully saturated rings. The van der Waals surface area contributed by atoms with Crippen molar-refractivity contribution in [3.05, 3.63) is 11.6 Å². The van der Waals surface area contributed by atoms with Gasteiger partial charge in [-0.1, -0.05) is 46.3 Å². The Balaban J connectivity index is 1.66. The topological polar surface area (TPSA) is 49.7 Å². The SMILES string of the molecule is CO[C@H]1CCC2(C)C(CCC3(C)C2CC(O)C2C(C(C)(O)CCC=C(C)C)CCC23C)C1(C)C. The van der Waals surface area contributed by atoms with Crippen molar-refractivity contribution in [1.29, 1.82) is 0 Å². The highest BCUT2D eigenvalue weighted by Gasteiger charge is 2.71. The van der Waals surface area contributed by atoms with Crippen LogP contribution in [0.3, 0.4) is 0 Å². The van der Waals surface area contributed by atoms with Crippen molar-refractivity contribution in [3.63, 3.8) is 0 Å². The van der Waals surface area contributed by atoms with Crippen LogP contribution in [0.25, 0.3) is 0 Å². The molecule has 0 aliphatic heterocycles. The molecule has 10 atom stereocenters. The Kier molecular flexibility index (Phi) is 6.74. The van der Waals surface area contributed by atoms with Crippen LogP contribution in [-0.4, -0.2) is 35.1 Å². The van der Waals surface area contributed by atoms with Gasteiger partial charge in [0.2, 0.25) is 0 Å². The van der Waals surface area contributed by atoms with Crippen LogP contribution in [0.5, 0.6) is 0 Å². The monoisotopic (exact) mass is 474 g/mol. The average Bonchev–Trinajstić information content (AvgIpc) is 3.10. The van der Waals surface area contributed by atoms with E-state index in [4.69, 9.17) is 4.74 Å². The molecule has 34 heavy (non-hydrogen) atoms. The Bertz CT molecular complexity index is 794. The zero-order valence-electron chi connectivity index (χ0n) is 23.7. The number of allylic oxidation sites excluding steroid dienone is 2. The highest BCUT2D eigenvalue weighted by Crippen LogP contribution is 2.75. The summed E-state index contributed by atoms with van der Waals surface area (Å²) in [5, 5.41) is 23.5. The third-order valence-corrected chi connectivity index (χ3v) is 12.6. The van der Waals surface area contributed by atoms with E-state index in [2.05, 4.69) is 61.5 Å². The molecule has 3 heteroatoms. The van der Waals surface area contributed by atoms with E-state index in [1.165, 1.54) is 24.8 Å². The summed E-state index contributed by atoms with van der Waals surface area (Å²) in [7, 11) is 1.89. The van der Waals surface area contributed by atoms with Gasteiger partial charge in [0, 0.05) is 7.11 Å². The van der Waals surface area contributed by atoms with Crippen LogP contribution in [0, 0.1) is 45.3 Å². The lowest BCUT2D eigenvalue weighted by atomic mass is 9.35. The highest BCUT2D eigenvalue weighted by atomic mass is 16.5. The summed E-state index contributed by atoms with van der Waals surface area (Å²) in [5.41, 5.74) is 1.29. The summed E-state index contributed by atoms with van der Waals surface area (Å²) in [4.78, 5) is 0. The van der Waals surface area contributed by atoms with Gasteiger partial charge in [0.15, 0.2) is 0 Å². The van der Waals surface area contributed by atoms with Crippen molar-refractivity contribution in [3.8, 4) is 0 Å². The van der Waals surface area contributed by atoms with Gasteiger partial charge in [-0.05, 0) is 124 Å². The molecule has 0 amide bonds. The third-order valence-electron chi connectivity index (χ3n) is 12.6. The van der Waals surface area contributed by atoms with E-state index in [0.717, 1.165) is 38.5 Å². The van der Waals surface area contributed by atoms with Crippen molar-refractivity contribution in [2.75, 3.05) is 7.11 Å². The lowest BCUT2D eigenvalue weighted by molar-refractivity contribution is -0.248. The molecule has 0 bridgehead atoms. The van der Waals surface area contributed by atoms with E-state index in [1.54, 1.807) is 0 Å². The van der Waals surface area contributed by atoms with Crippen LogP contribution >= 0.6 is 0 Å². The zero-order chi connectivity index (χ0) is 25.3. The molecule has 9 unspecified atom stereocenters. The van der Waals surface area contributed by atoms with Gasteiger partial charge in [0.1, 0.15) is 0 Å². The van der Waals surface area contributed by atoms with E-state index in [-0.39, 0.29) is 39.6 Å². The summed E-state index contributed by atoms with van der Waals surface area (Å²) < 4.78 is 5.99. The maximum Gasteiger partial charge on any atom is 0.0654 e. The van der Waals surface area contributed by atoms with E-state index in [9.17, 15) is 10.2 Å². The van der Waals surface area contributed by atoms with Crippen LogP contribution in [0.15, 0.2) is 11.6 Å². The number of rotatable bonds is 5. The van der Waals surface area contributed by atoms with E-state index >= 15 is 0 Å². The summed E-state index contributed by atoms with van der Waals surface area (Å²) >= 11 is 0. The summed E-state index contributed by atoms with van der Waals surface area (Å²) in [5.74, 6) is 1.54. The predicted molar refractivity (Wildman–Crippen MR) is 140 cm³/mol. The second kappa shape index (κ2) is 8.59. The van der Waals surface area contributed by atoms with Crippen LogP contribution in [0.4, 0.5) is 0 Å². The summed E-state index contributed by atoms with van der Waals surface area (Å²) in [6.07, 6.45) is 11.9. The van der Waals surface area contributed by atoms with Gasteiger partial charge in [-0.15, -0.1) is 0 Å². The van der Waals surface area contributed by atoms with Crippen molar-refractivity contribution in [2.24, 2.45) is 45.3 Å². The Morgan fingerprint density at radius 3 is 2.24 bits per heavy atom. The smallest absolute Gasteiger partial charge is 0.0654 e. The highest BCUT2D eigenvalue weighted by molar-refractivity contribution is 5.20. The van der Waals surface area contributed by atoms with Crippen LogP contribution in [-0.2, 0) is 4.74 Å². The molecule has 0 heterocycles. The molecule has 4 aliphatic carbocycles. The fourth-order valence-electron chi connectivity index (χ4n) is 10.7. The standard InChI is InChI=1S/C31H54O3/c1-20(2)11-10-15-31(8,33)21-12-17-30(7)26(21)22(32)19-24-28(5)16-14-25(34-9)27(3,4)23(28)13-18-29(24,30)6/h11,21-26,32-33H,10,12-19H2,1-9H3/t21?,22?,23?,24?,25-,26?,28?,29?,30?,31?/m0/s1. The minimum absolute atomic E-state index is 0.0801. The van der Waals surface area contributed by atoms with Crippen LogP contribution < -0.4 is 0 Å². The van der Waals surface area contributed by atoms with Crippen molar-refractivity contribution < 1.29 is 14.9 Å². The Labute approximate surface area is 210 Å². The first-order valence-electron chi connectivity index (χ1n) is 14.2. The molecular formula is C31H54O3. The van der Waals surface area contributed by atoms with Gasteiger partial charge in [0.25, 0.3) is 0 Å². The van der Waals surface area contributed by atoms with Crippen molar-refractivity contribution in [1.82, 2.24) is 0 Å². The molecule has 0 aromatic carbocycles. The number of aliphatic hydroxyl groups excluding tert-OH is 1. The lowest BCUT2D eigenvalue weighted by Gasteiger charge is -2.70. The number of methoxy groups -OCH3 is 1. The van der Waals surface area contributed by atoms with E-state index in [0.29, 0.717) is 17.9 Å². The minimum atomic E-state index is -0.724. The molecular weight excluding hydrogens is 420 g/mol. The van der Waals surface area contributed by atoms with Crippen molar-refractivity contribution in [2.45, 2.75) is 131 Å². The third kappa shape index (κ3) is 3.69. The molecule has 0 radical (unpaired) electrons. The number of ether oxygens (including phenoxy) is 1. The molecule has 2 N–H and O–H groups in total. The van der Waals surface area contributed by atoms with Gasteiger partial charge in [0.05, 0.1) is 17.8 Å². The molecule has 4 saturated carbocycles. The van der Waals surface area contributed by atoms with Gasteiger partial charge >= 0.3 is 0 Å². The molecule has 0 aromatic heterocycles. The second-order valence-corrected chi connectivity index (χ2v) is 14.7. The molecule has 0 saturated heterocycles. The quantitative estimate of drug-likeness (QED) is 0.416. The average molecular weight is 475 g/mol. The maximum atomic E-state index is 11.8. The van der Waals surface area contributed by atoms with Gasteiger partial charge < -0.3 is 14.9 Å². The van der Waals surface area contributed by atoms with Crippen LogP contribution in [0.2, 0.25) is 0 Å². The van der Waals surface area contributed by atoms with Crippen molar-refractivity contribution >= 4 is 0 Å². The molecule has 0 spiro atoms. The number of hydrogen-bond donors (Lipinski definition) is 2. The number of aliphatic hydroxyl groups is 2. The summed E-state index contributed by atoms with van der Waals surface area (Å²) in [6.45, 7) is 18.8. The molecule has 4 rings (SSSR count).